The van der Waals surface area contributed by atoms with Crippen molar-refractivity contribution >= 4 is 0 Å². The molecule has 0 unspecified atom stereocenters. The third-order valence-electron chi connectivity index (χ3n) is 9.50. The highest BCUT2D eigenvalue weighted by molar-refractivity contribution is 5.63. The van der Waals surface area contributed by atoms with Crippen molar-refractivity contribution in [3.8, 4) is 34.5 Å². The van der Waals surface area contributed by atoms with Crippen molar-refractivity contribution in [3.63, 3.8) is 0 Å². The molecule has 3 heterocycles. The summed E-state index contributed by atoms with van der Waals surface area (Å²) in [5.41, 5.74) is 8.64. The van der Waals surface area contributed by atoms with E-state index in [0.29, 0.717) is 17.2 Å². The van der Waals surface area contributed by atoms with Crippen LogP contribution in [0.1, 0.15) is 57.1 Å². The second-order valence-electron chi connectivity index (χ2n) is 11.8. The molecule has 4 aromatic carbocycles. The van der Waals surface area contributed by atoms with Gasteiger partial charge in [0.2, 0.25) is 5.75 Å². The minimum Gasteiger partial charge on any atom is -0.508 e. The fourth-order valence-corrected chi connectivity index (χ4v) is 7.27. The minimum absolute atomic E-state index is 0.131. The highest BCUT2D eigenvalue weighted by atomic mass is 16.5. The first-order valence-electron chi connectivity index (χ1n) is 15.0. The molecule has 0 aliphatic carbocycles. The molecule has 7 nitrogen and oxygen atoms in total. The van der Waals surface area contributed by atoms with Gasteiger partial charge in [0.05, 0.1) is 21.3 Å². The summed E-state index contributed by atoms with van der Waals surface area (Å²) in [7, 11) is 7.22. The Labute approximate surface area is 253 Å². The lowest BCUT2D eigenvalue weighted by atomic mass is 9.76. The largest absolute Gasteiger partial charge is 0.508 e. The van der Waals surface area contributed by atoms with Crippen molar-refractivity contribution in [3.05, 3.63) is 106 Å². The Kier molecular flexibility index (Phi) is 7.15. The Bertz CT molecular complexity index is 1670. The van der Waals surface area contributed by atoms with Crippen LogP contribution in [0.4, 0.5) is 0 Å². The number of rotatable bonds is 7. The van der Waals surface area contributed by atoms with Crippen molar-refractivity contribution in [2.45, 2.75) is 43.8 Å². The summed E-state index contributed by atoms with van der Waals surface area (Å²) in [6.07, 6.45) is 3.43. The summed E-state index contributed by atoms with van der Waals surface area (Å²) in [6.45, 7) is 0.945. The van der Waals surface area contributed by atoms with Crippen LogP contribution in [0.15, 0.2) is 66.7 Å². The molecule has 43 heavy (non-hydrogen) atoms. The van der Waals surface area contributed by atoms with E-state index < -0.39 is 0 Å². The van der Waals surface area contributed by atoms with E-state index in [1.54, 1.807) is 27.4 Å². The number of aromatic hydroxyl groups is 1. The first kappa shape index (κ1) is 27.6. The number of nitrogens with one attached hydrogen (secondary N) is 1. The first-order chi connectivity index (χ1) is 21.0. The fraction of sp³-hybridized carbons (Fsp3) is 0.333. The average molecular weight is 579 g/mol. The number of nitrogens with zero attached hydrogens (tertiary/aromatic N) is 1. The van der Waals surface area contributed by atoms with E-state index in [-0.39, 0.29) is 18.1 Å². The van der Waals surface area contributed by atoms with Crippen LogP contribution < -0.4 is 24.3 Å². The SMILES string of the molecule is COc1ccc(C[C@@H]2NCCc3ccc(Oc4c5c(cc(OC)c4OC)[C@H]4Cc6cc(O)ccc6[C@@H](C5)N4C)cc32)cc1. The molecule has 7 rings (SSSR count). The Balaban J connectivity index is 1.26. The van der Waals surface area contributed by atoms with Gasteiger partial charge in [0.1, 0.15) is 17.2 Å². The second kappa shape index (κ2) is 11.1. The zero-order valence-corrected chi connectivity index (χ0v) is 25.1. The normalized spacial score (nSPS) is 20.4. The van der Waals surface area contributed by atoms with Gasteiger partial charge in [-0.1, -0.05) is 24.3 Å². The van der Waals surface area contributed by atoms with Gasteiger partial charge in [0.25, 0.3) is 0 Å². The van der Waals surface area contributed by atoms with Crippen molar-refractivity contribution in [1.82, 2.24) is 10.2 Å². The molecule has 0 radical (unpaired) electrons. The number of hydrogen-bond acceptors (Lipinski definition) is 7. The number of benzene rings is 4. The Morgan fingerprint density at radius 3 is 2.33 bits per heavy atom. The molecule has 2 N–H and O–H groups in total. The quantitative estimate of drug-likeness (QED) is 0.261. The smallest absolute Gasteiger partial charge is 0.204 e. The van der Waals surface area contributed by atoms with Crippen LogP contribution in [-0.4, -0.2) is 44.9 Å². The van der Waals surface area contributed by atoms with Gasteiger partial charge in [-0.2, -0.15) is 0 Å². The second-order valence-corrected chi connectivity index (χ2v) is 11.8. The van der Waals surface area contributed by atoms with Gasteiger partial charge in [0.15, 0.2) is 11.5 Å². The summed E-state index contributed by atoms with van der Waals surface area (Å²) in [5.74, 6) is 3.94. The number of phenols is 1. The van der Waals surface area contributed by atoms with Crippen LogP contribution in [0.2, 0.25) is 0 Å². The molecule has 0 spiro atoms. The predicted octanol–water partition coefficient (Wildman–Crippen LogP) is 6.47. The first-order valence-corrected chi connectivity index (χ1v) is 15.0. The van der Waals surface area contributed by atoms with E-state index in [1.807, 2.05) is 18.2 Å². The number of fused-ring (bicyclic) bond motifs is 7. The third kappa shape index (κ3) is 4.86. The Morgan fingerprint density at radius 2 is 1.56 bits per heavy atom. The Hall–Kier alpha value is -4.20. The maximum atomic E-state index is 10.2. The van der Waals surface area contributed by atoms with Gasteiger partial charge >= 0.3 is 0 Å². The van der Waals surface area contributed by atoms with Gasteiger partial charge in [-0.25, -0.2) is 0 Å². The molecule has 3 atom stereocenters. The van der Waals surface area contributed by atoms with Crippen molar-refractivity contribution in [2.24, 2.45) is 0 Å². The van der Waals surface area contributed by atoms with E-state index in [4.69, 9.17) is 18.9 Å². The van der Waals surface area contributed by atoms with Gasteiger partial charge in [-0.15, -0.1) is 0 Å². The van der Waals surface area contributed by atoms with E-state index >= 15 is 0 Å². The van der Waals surface area contributed by atoms with Gasteiger partial charge in [-0.05, 0) is 115 Å². The van der Waals surface area contributed by atoms with Crippen molar-refractivity contribution in [2.75, 3.05) is 34.9 Å². The molecular weight excluding hydrogens is 540 g/mol. The van der Waals surface area contributed by atoms with Gasteiger partial charge in [-0.3, -0.25) is 4.90 Å². The summed E-state index contributed by atoms with van der Waals surface area (Å²) >= 11 is 0. The number of ether oxygens (including phenoxy) is 4. The molecule has 4 aromatic rings. The highest BCUT2D eigenvalue weighted by Crippen LogP contribution is 2.54. The molecule has 0 amide bonds. The van der Waals surface area contributed by atoms with Gasteiger partial charge in [0, 0.05) is 23.7 Å². The Morgan fingerprint density at radius 1 is 0.767 bits per heavy atom. The standard InChI is InChI=1S/C36H38N2O5/c1-38-32-17-23-16-24(39)8-12-27(23)33(38)19-30-29(32)20-34(41-3)36(42-4)35(30)43-26-11-7-22-13-14-37-31(28(22)18-26)15-21-5-9-25(40-2)10-6-21/h5-12,16,18,20,31-33,37,39H,13-15,17,19H2,1-4H3/t31-,32+,33+/m0/s1. The van der Waals surface area contributed by atoms with E-state index in [0.717, 1.165) is 55.0 Å². The molecule has 3 aliphatic heterocycles. The molecule has 0 saturated heterocycles. The average Bonchev–Trinajstić information content (AvgIpc) is 3.02. The maximum Gasteiger partial charge on any atom is 0.204 e. The number of phenolic OH excluding ortho intramolecular Hbond substituents is 1. The molecular formula is C36H38N2O5. The fourth-order valence-electron chi connectivity index (χ4n) is 7.27. The van der Waals surface area contributed by atoms with Gasteiger partial charge < -0.3 is 29.4 Å². The lowest BCUT2D eigenvalue weighted by Gasteiger charge is -2.46. The van der Waals surface area contributed by atoms with Crippen LogP contribution in [0, 0.1) is 0 Å². The minimum atomic E-state index is 0.131. The van der Waals surface area contributed by atoms with Crippen LogP contribution in [0.5, 0.6) is 34.5 Å². The van der Waals surface area contributed by atoms with Crippen LogP contribution in [0.25, 0.3) is 0 Å². The lowest BCUT2D eigenvalue weighted by molar-refractivity contribution is 0.136. The highest BCUT2D eigenvalue weighted by Gasteiger charge is 2.41. The van der Waals surface area contributed by atoms with Crippen LogP contribution >= 0.6 is 0 Å². The molecule has 3 aliphatic rings. The number of hydrogen-bond donors (Lipinski definition) is 2. The summed E-state index contributed by atoms with van der Waals surface area (Å²) < 4.78 is 24.0. The summed E-state index contributed by atoms with van der Waals surface area (Å²) in [4.78, 5) is 2.44. The van der Waals surface area contributed by atoms with E-state index in [2.05, 4.69) is 59.7 Å². The predicted molar refractivity (Wildman–Crippen MR) is 166 cm³/mol. The number of likely N-dealkylation sites (N-methyl/N-ethyl adjacent to an activating group) is 1. The number of methoxy groups -OCH3 is 3. The topological polar surface area (TPSA) is 72.4 Å². The molecule has 222 valence electrons. The third-order valence-corrected chi connectivity index (χ3v) is 9.50. The molecule has 0 fully saturated rings. The summed E-state index contributed by atoms with van der Waals surface area (Å²) in [5, 5.41) is 13.9. The zero-order chi connectivity index (χ0) is 29.7. The van der Waals surface area contributed by atoms with Crippen molar-refractivity contribution < 1.29 is 24.1 Å². The maximum absolute atomic E-state index is 10.2. The monoisotopic (exact) mass is 578 g/mol. The molecule has 7 heteroatoms. The van der Waals surface area contributed by atoms with Crippen molar-refractivity contribution in [1.29, 1.82) is 0 Å². The van der Waals surface area contributed by atoms with E-state index in [1.165, 1.54) is 33.4 Å². The van der Waals surface area contributed by atoms with Crippen LogP contribution in [-0.2, 0) is 25.7 Å². The van der Waals surface area contributed by atoms with E-state index in [9.17, 15) is 5.11 Å². The zero-order valence-electron chi connectivity index (χ0n) is 25.1. The molecule has 0 aromatic heterocycles. The van der Waals surface area contributed by atoms with Crippen LogP contribution in [0.3, 0.4) is 0 Å². The molecule has 0 saturated carbocycles. The summed E-state index contributed by atoms with van der Waals surface area (Å²) in [6, 6.07) is 23.1. The molecule has 2 bridgehead atoms. The lowest BCUT2D eigenvalue weighted by Crippen LogP contribution is -2.40.